The van der Waals surface area contributed by atoms with Crippen LogP contribution in [0, 0.1) is 17.8 Å². The molecule has 4 rings (SSSR count). The average Bonchev–Trinajstić information content (AvgIpc) is 2.92. The molecule has 0 N–H and O–H groups in total. The molecule has 0 aromatic carbocycles. The molecule has 0 spiro atoms. The van der Waals surface area contributed by atoms with Crippen LogP contribution in [-0.2, 0) is 0 Å². The molecule has 0 aromatic rings. The molecule has 2 heterocycles. The Bertz CT molecular complexity index is 316. The molecule has 0 amide bonds. The van der Waals surface area contributed by atoms with Gasteiger partial charge < -0.3 is 4.90 Å². The number of fused-ring (bicyclic) bond motifs is 2. The second kappa shape index (κ2) is 3.71. The highest BCUT2D eigenvalue weighted by Crippen LogP contribution is 2.50. The van der Waals surface area contributed by atoms with Crippen molar-refractivity contribution in [3.63, 3.8) is 0 Å². The van der Waals surface area contributed by atoms with Gasteiger partial charge in [-0.1, -0.05) is 0 Å². The van der Waals surface area contributed by atoms with Crippen molar-refractivity contribution in [3.05, 3.63) is 0 Å². The van der Waals surface area contributed by atoms with Gasteiger partial charge in [-0.15, -0.1) is 0 Å². The predicted molar refractivity (Wildman–Crippen MR) is 69.9 cm³/mol. The molecular weight excluding hydrogens is 208 g/mol. The van der Waals surface area contributed by atoms with E-state index in [1.54, 1.807) is 0 Å². The summed E-state index contributed by atoms with van der Waals surface area (Å²) in [5.74, 6) is 3.17. The van der Waals surface area contributed by atoms with E-state index in [2.05, 4.69) is 23.8 Å². The molecule has 2 nitrogen and oxygen atoms in total. The fraction of sp³-hybridized carbons (Fsp3) is 1.00. The van der Waals surface area contributed by atoms with E-state index in [1.165, 1.54) is 45.2 Å². The zero-order valence-electron chi connectivity index (χ0n) is 11.3. The second-order valence-corrected chi connectivity index (χ2v) is 7.18. The lowest BCUT2D eigenvalue weighted by Gasteiger charge is -2.40. The van der Waals surface area contributed by atoms with Crippen molar-refractivity contribution in [2.45, 2.75) is 57.2 Å². The smallest absolute Gasteiger partial charge is 0.0128 e. The number of piperidine rings is 1. The van der Waals surface area contributed by atoms with E-state index in [-0.39, 0.29) is 0 Å². The van der Waals surface area contributed by atoms with Gasteiger partial charge in [0.1, 0.15) is 0 Å². The molecule has 0 radical (unpaired) electrons. The SMILES string of the molecule is CC(CC1CN(C)C2CC12)N1CCC2CCC21. The molecule has 4 fully saturated rings. The van der Waals surface area contributed by atoms with Gasteiger partial charge in [0.25, 0.3) is 0 Å². The van der Waals surface area contributed by atoms with Crippen LogP contribution in [0.1, 0.15) is 39.0 Å². The molecule has 0 bridgehead atoms. The largest absolute Gasteiger partial charge is 0.303 e. The summed E-state index contributed by atoms with van der Waals surface area (Å²) in [6.45, 7) is 5.27. The number of hydrogen-bond acceptors (Lipinski definition) is 2. The standard InChI is InChI=1S/C15H26N2/c1-10(17-6-5-11-3-4-14(11)17)7-12-9-16(2)15-8-13(12)15/h10-15H,3-9H2,1-2H3. The first kappa shape index (κ1) is 10.8. The molecule has 0 aromatic heterocycles. The molecule has 6 atom stereocenters. The molecule has 6 unspecified atom stereocenters. The molecule has 2 saturated carbocycles. The Labute approximate surface area is 105 Å². The summed E-state index contributed by atoms with van der Waals surface area (Å²) in [5, 5.41) is 0. The third-order valence-electron chi connectivity index (χ3n) is 6.27. The highest BCUT2D eigenvalue weighted by atomic mass is 15.2. The van der Waals surface area contributed by atoms with Crippen molar-refractivity contribution in [1.82, 2.24) is 9.80 Å². The van der Waals surface area contributed by atoms with E-state index in [1.807, 2.05) is 0 Å². The van der Waals surface area contributed by atoms with Gasteiger partial charge >= 0.3 is 0 Å². The average molecular weight is 234 g/mol. The third-order valence-corrected chi connectivity index (χ3v) is 6.27. The number of rotatable bonds is 3. The lowest BCUT2D eigenvalue weighted by Crippen LogP contribution is -2.44. The zero-order valence-corrected chi connectivity index (χ0v) is 11.3. The Morgan fingerprint density at radius 2 is 2.06 bits per heavy atom. The molecule has 96 valence electrons. The lowest BCUT2D eigenvalue weighted by atomic mass is 9.80. The minimum Gasteiger partial charge on any atom is -0.303 e. The summed E-state index contributed by atoms with van der Waals surface area (Å²) in [4.78, 5) is 5.46. The minimum atomic E-state index is 0.850. The first-order valence-corrected chi connectivity index (χ1v) is 7.70. The number of hydrogen-bond donors (Lipinski definition) is 0. The zero-order chi connectivity index (χ0) is 11.6. The van der Waals surface area contributed by atoms with Gasteiger partial charge in [-0.25, -0.2) is 0 Å². The molecule has 2 saturated heterocycles. The second-order valence-electron chi connectivity index (χ2n) is 7.18. The first-order valence-electron chi connectivity index (χ1n) is 7.70. The normalized spacial score (nSPS) is 50.8. The van der Waals surface area contributed by atoms with Crippen LogP contribution in [-0.4, -0.2) is 48.1 Å². The quantitative estimate of drug-likeness (QED) is 0.738. The predicted octanol–water partition coefficient (Wildman–Crippen LogP) is 2.20. The summed E-state index contributed by atoms with van der Waals surface area (Å²) in [7, 11) is 2.33. The number of likely N-dealkylation sites (tertiary alicyclic amines) is 2. The Morgan fingerprint density at radius 1 is 1.18 bits per heavy atom. The third kappa shape index (κ3) is 1.60. The summed E-state index contributed by atoms with van der Waals surface area (Å²) >= 11 is 0. The van der Waals surface area contributed by atoms with Gasteiger partial charge in [0.2, 0.25) is 0 Å². The number of nitrogens with zero attached hydrogens (tertiary/aromatic N) is 2. The molecule has 17 heavy (non-hydrogen) atoms. The van der Waals surface area contributed by atoms with Crippen molar-refractivity contribution in [2.75, 3.05) is 20.1 Å². The van der Waals surface area contributed by atoms with Crippen LogP contribution in [0.4, 0.5) is 0 Å². The summed E-state index contributed by atoms with van der Waals surface area (Å²) in [5.41, 5.74) is 0. The summed E-state index contributed by atoms with van der Waals surface area (Å²) < 4.78 is 0. The van der Waals surface area contributed by atoms with Crippen molar-refractivity contribution >= 4 is 0 Å². The Balaban J connectivity index is 1.36. The van der Waals surface area contributed by atoms with E-state index in [0.29, 0.717) is 0 Å². The van der Waals surface area contributed by atoms with Crippen LogP contribution in [0.2, 0.25) is 0 Å². The fourth-order valence-corrected chi connectivity index (χ4v) is 5.03. The molecule has 2 heteroatoms. The maximum Gasteiger partial charge on any atom is 0.0128 e. The molecule has 2 aliphatic carbocycles. The maximum absolute atomic E-state index is 2.85. The van der Waals surface area contributed by atoms with E-state index >= 15 is 0 Å². The van der Waals surface area contributed by atoms with Crippen LogP contribution >= 0.6 is 0 Å². The topological polar surface area (TPSA) is 6.48 Å². The molecule has 4 aliphatic rings. The van der Waals surface area contributed by atoms with Crippen LogP contribution in [0.3, 0.4) is 0 Å². The van der Waals surface area contributed by atoms with E-state index in [0.717, 1.165) is 35.9 Å². The van der Waals surface area contributed by atoms with Gasteiger partial charge in [0, 0.05) is 24.7 Å². The molecule has 2 aliphatic heterocycles. The van der Waals surface area contributed by atoms with E-state index in [4.69, 9.17) is 0 Å². The van der Waals surface area contributed by atoms with Crippen LogP contribution < -0.4 is 0 Å². The van der Waals surface area contributed by atoms with E-state index < -0.39 is 0 Å². The monoisotopic (exact) mass is 234 g/mol. The maximum atomic E-state index is 2.85. The highest BCUT2D eigenvalue weighted by Gasteiger charge is 2.52. The Kier molecular flexibility index (Phi) is 2.36. The van der Waals surface area contributed by atoms with Crippen molar-refractivity contribution in [2.24, 2.45) is 17.8 Å². The van der Waals surface area contributed by atoms with Crippen molar-refractivity contribution in [3.8, 4) is 0 Å². The van der Waals surface area contributed by atoms with Crippen LogP contribution in [0.5, 0.6) is 0 Å². The van der Waals surface area contributed by atoms with Gasteiger partial charge in [0.05, 0.1) is 0 Å². The Morgan fingerprint density at radius 3 is 2.59 bits per heavy atom. The van der Waals surface area contributed by atoms with Crippen molar-refractivity contribution in [1.29, 1.82) is 0 Å². The van der Waals surface area contributed by atoms with E-state index in [9.17, 15) is 0 Å². The van der Waals surface area contributed by atoms with Crippen molar-refractivity contribution < 1.29 is 0 Å². The van der Waals surface area contributed by atoms with Gasteiger partial charge in [-0.2, -0.15) is 0 Å². The summed E-state index contributed by atoms with van der Waals surface area (Å²) in [6.07, 6.45) is 7.47. The van der Waals surface area contributed by atoms with Crippen LogP contribution in [0.25, 0.3) is 0 Å². The minimum absolute atomic E-state index is 0.850. The van der Waals surface area contributed by atoms with Gasteiger partial charge in [-0.05, 0) is 70.4 Å². The summed E-state index contributed by atoms with van der Waals surface area (Å²) in [6, 6.07) is 2.81. The molecular formula is C15H26N2. The fourth-order valence-electron chi connectivity index (χ4n) is 5.03. The van der Waals surface area contributed by atoms with Crippen LogP contribution in [0.15, 0.2) is 0 Å². The first-order chi connectivity index (χ1) is 8.24. The lowest BCUT2D eigenvalue weighted by molar-refractivity contribution is 0.0927. The Hall–Kier alpha value is -0.0800. The van der Waals surface area contributed by atoms with Gasteiger partial charge in [0.15, 0.2) is 0 Å². The highest BCUT2D eigenvalue weighted by molar-refractivity contribution is 5.06. The van der Waals surface area contributed by atoms with Gasteiger partial charge in [-0.3, -0.25) is 4.90 Å².